The molecular formula is C20H14N2OS. The number of ketones is 1. The van der Waals surface area contributed by atoms with Crippen molar-refractivity contribution < 1.29 is 4.79 Å². The molecule has 1 heterocycles. The van der Waals surface area contributed by atoms with Crippen LogP contribution < -0.4 is 5.73 Å². The van der Waals surface area contributed by atoms with E-state index in [0.29, 0.717) is 10.4 Å². The molecule has 0 bridgehead atoms. The van der Waals surface area contributed by atoms with E-state index < -0.39 is 0 Å². The molecule has 0 fully saturated rings. The van der Waals surface area contributed by atoms with E-state index in [0.717, 1.165) is 21.3 Å². The molecule has 4 heteroatoms. The van der Waals surface area contributed by atoms with Crippen LogP contribution in [0.25, 0.3) is 21.3 Å². The second-order valence-corrected chi connectivity index (χ2v) is 6.49. The fourth-order valence-electron chi connectivity index (χ4n) is 2.66. The van der Waals surface area contributed by atoms with Crippen LogP contribution >= 0.6 is 11.3 Å². The van der Waals surface area contributed by atoms with Crippen LogP contribution in [0, 0.1) is 0 Å². The zero-order chi connectivity index (χ0) is 16.5. The molecule has 2 N–H and O–H groups in total. The number of hydrogen-bond acceptors (Lipinski definition) is 4. The Kier molecular flexibility index (Phi) is 3.59. The van der Waals surface area contributed by atoms with Crippen LogP contribution in [-0.4, -0.2) is 10.8 Å². The van der Waals surface area contributed by atoms with Gasteiger partial charge in [0.05, 0.1) is 0 Å². The molecule has 24 heavy (non-hydrogen) atoms. The Morgan fingerprint density at radius 3 is 2.38 bits per heavy atom. The lowest BCUT2D eigenvalue weighted by molar-refractivity contribution is 0.104. The molecule has 0 spiro atoms. The number of nitrogen functional groups attached to an aromatic ring is 1. The first-order chi connectivity index (χ1) is 11.7. The molecule has 0 aliphatic heterocycles. The number of thiazole rings is 1. The van der Waals surface area contributed by atoms with Crippen molar-refractivity contribution in [2.75, 3.05) is 5.73 Å². The van der Waals surface area contributed by atoms with E-state index in [1.807, 2.05) is 72.8 Å². The van der Waals surface area contributed by atoms with E-state index >= 15 is 0 Å². The monoisotopic (exact) mass is 330 g/mol. The van der Waals surface area contributed by atoms with Crippen LogP contribution in [0.3, 0.4) is 0 Å². The van der Waals surface area contributed by atoms with Gasteiger partial charge in [-0.25, -0.2) is 4.98 Å². The van der Waals surface area contributed by atoms with Crippen molar-refractivity contribution in [3.05, 3.63) is 83.2 Å². The second kappa shape index (κ2) is 5.91. The molecule has 0 aliphatic rings. The van der Waals surface area contributed by atoms with Gasteiger partial charge in [-0.05, 0) is 16.8 Å². The highest BCUT2D eigenvalue weighted by Gasteiger charge is 2.18. The number of carbonyl (C=O) groups is 1. The molecule has 3 aromatic carbocycles. The maximum atomic E-state index is 12.8. The van der Waals surface area contributed by atoms with E-state index in [1.54, 1.807) is 0 Å². The summed E-state index contributed by atoms with van der Waals surface area (Å²) >= 11 is 1.34. The number of aromatic nitrogens is 1. The second-order valence-electron chi connectivity index (χ2n) is 5.49. The van der Waals surface area contributed by atoms with Crippen LogP contribution in [-0.2, 0) is 0 Å². The van der Waals surface area contributed by atoms with Gasteiger partial charge in [0, 0.05) is 11.1 Å². The van der Waals surface area contributed by atoms with Crippen LogP contribution in [0.4, 0.5) is 5.82 Å². The standard InChI is InChI=1S/C20H14N2OS/c21-19-18(24-20(22-19)14-7-2-1-3-8-14)17(23)16-11-10-13-6-4-5-9-15(13)12-16/h1-12H,21H2. The Balaban J connectivity index is 1.75. The fraction of sp³-hybridized carbons (Fsp3) is 0. The molecule has 0 saturated carbocycles. The molecule has 116 valence electrons. The topological polar surface area (TPSA) is 56.0 Å². The number of nitrogens with zero attached hydrogens (tertiary/aromatic N) is 1. The Morgan fingerprint density at radius 1 is 0.875 bits per heavy atom. The quantitative estimate of drug-likeness (QED) is 0.550. The van der Waals surface area contributed by atoms with E-state index in [1.165, 1.54) is 11.3 Å². The average molecular weight is 330 g/mol. The molecule has 1 aromatic heterocycles. The molecule has 4 aromatic rings. The molecular weight excluding hydrogens is 316 g/mol. The predicted octanol–water partition coefficient (Wildman–Crippen LogP) is 4.78. The van der Waals surface area contributed by atoms with Gasteiger partial charge < -0.3 is 5.73 Å². The Labute approximate surface area is 143 Å². The normalized spacial score (nSPS) is 10.8. The van der Waals surface area contributed by atoms with Crippen LogP contribution in [0.5, 0.6) is 0 Å². The lowest BCUT2D eigenvalue weighted by Gasteiger charge is -2.02. The highest BCUT2D eigenvalue weighted by atomic mass is 32.1. The van der Waals surface area contributed by atoms with E-state index in [2.05, 4.69) is 4.98 Å². The maximum absolute atomic E-state index is 12.8. The number of nitrogens with two attached hydrogens (primary N) is 1. The summed E-state index contributed by atoms with van der Waals surface area (Å²) in [6.07, 6.45) is 0. The first kappa shape index (κ1) is 14.6. The van der Waals surface area contributed by atoms with Crippen LogP contribution in [0.15, 0.2) is 72.8 Å². The Bertz CT molecular complexity index is 1040. The van der Waals surface area contributed by atoms with Crippen molar-refractivity contribution in [3.8, 4) is 10.6 Å². The molecule has 0 saturated heterocycles. The summed E-state index contributed by atoms with van der Waals surface area (Å²) in [5.41, 5.74) is 7.60. The van der Waals surface area contributed by atoms with Crippen molar-refractivity contribution in [2.45, 2.75) is 0 Å². The van der Waals surface area contributed by atoms with E-state index in [9.17, 15) is 4.79 Å². The predicted molar refractivity (Wildman–Crippen MR) is 99.3 cm³/mol. The lowest BCUT2D eigenvalue weighted by atomic mass is 10.0. The molecule has 0 amide bonds. The molecule has 4 rings (SSSR count). The maximum Gasteiger partial charge on any atom is 0.206 e. The van der Waals surface area contributed by atoms with Gasteiger partial charge in [0.15, 0.2) is 0 Å². The number of benzene rings is 3. The summed E-state index contributed by atoms with van der Waals surface area (Å²) < 4.78 is 0. The zero-order valence-corrected chi connectivity index (χ0v) is 13.6. The summed E-state index contributed by atoms with van der Waals surface area (Å²) in [7, 11) is 0. The van der Waals surface area contributed by atoms with E-state index in [-0.39, 0.29) is 11.6 Å². The smallest absolute Gasteiger partial charge is 0.206 e. The SMILES string of the molecule is Nc1nc(-c2ccccc2)sc1C(=O)c1ccc2ccccc2c1. The largest absolute Gasteiger partial charge is 0.382 e. The highest BCUT2D eigenvalue weighted by Crippen LogP contribution is 2.31. The van der Waals surface area contributed by atoms with Crippen molar-refractivity contribution in [1.29, 1.82) is 0 Å². The van der Waals surface area contributed by atoms with Gasteiger partial charge in [-0.2, -0.15) is 0 Å². The van der Waals surface area contributed by atoms with Crippen molar-refractivity contribution in [1.82, 2.24) is 4.98 Å². The lowest BCUT2D eigenvalue weighted by Crippen LogP contribution is -2.02. The Hall–Kier alpha value is -2.98. The fourth-order valence-corrected chi connectivity index (χ4v) is 3.61. The first-order valence-corrected chi connectivity index (χ1v) is 8.39. The minimum atomic E-state index is -0.0852. The number of hydrogen-bond donors (Lipinski definition) is 1. The average Bonchev–Trinajstić information content (AvgIpc) is 3.03. The minimum Gasteiger partial charge on any atom is -0.382 e. The van der Waals surface area contributed by atoms with Gasteiger partial charge in [-0.3, -0.25) is 4.79 Å². The number of rotatable bonds is 3. The summed E-state index contributed by atoms with van der Waals surface area (Å²) in [5.74, 6) is 0.204. The van der Waals surface area contributed by atoms with Crippen LogP contribution in [0.2, 0.25) is 0 Å². The van der Waals surface area contributed by atoms with Crippen molar-refractivity contribution in [2.24, 2.45) is 0 Å². The third-order valence-electron chi connectivity index (χ3n) is 3.89. The van der Waals surface area contributed by atoms with Crippen molar-refractivity contribution in [3.63, 3.8) is 0 Å². The minimum absolute atomic E-state index is 0.0852. The first-order valence-electron chi connectivity index (χ1n) is 7.57. The summed E-state index contributed by atoms with van der Waals surface area (Å²) in [4.78, 5) is 17.7. The number of anilines is 1. The van der Waals surface area contributed by atoms with E-state index in [4.69, 9.17) is 5.73 Å². The third-order valence-corrected chi connectivity index (χ3v) is 5.01. The summed E-state index contributed by atoms with van der Waals surface area (Å²) in [6.45, 7) is 0. The molecule has 0 aliphatic carbocycles. The van der Waals surface area contributed by atoms with Gasteiger partial charge in [-0.1, -0.05) is 66.7 Å². The summed E-state index contributed by atoms with van der Waals surface area (Å²) in [5, 5.41) is 2.91. The van der Waals surface area contributed by atoms with Crippen LogP contribution in [0.1, 0.15) is 15.2 Å². The molecule has 0 unspecified atom stereocenters. The van der Waals surface area contributed by atoms with Gasteiger partial charge in [0.1, 0.15) is 15.7 Å². The molecule has 0 radical (unpaired) electrons. The highest BCUT2D eigenvalue weighted by molar-refractivity contribution is 7.17. The third kappa shape index (κ3) is 2.57. The summed E-state index contributed by atoms with van der Waals surface area (Å²) in [6, 6.07) is 23.4. The van der Waals surface area contributed by atoms with Gasteiger partial charge in [-0.15, -0.1) is 11.3 Å². The van der Waals surface area contributed by atoms with Crippen molar-refractivity contribution >= 4 is 33.7 Å². The number of carbonyl (C=O) groups excluding carboxylic acids is 1. The molecule has 3 nitrogen and oxygen atoms in total. The zero-order valence-electron chi connectivity index (χ0n) is 12.8. The van der Waals surface area contributed by atoms with Gasteiger partial charge in [0.25, 0.3) is 0 Å². The van der Waals surface area contributed by atoms with Gasteiger partial charge >= 0.3 is 0 Å². The molecule has 0 atom stereocenters. The Morgan fingerprint density at radius 2 is 1.58 bits per heavy atom. The number of fused-ring (bicyclic) bond motifs is 1. The van der Waals surface area contributed by atoms with Gasteiger partial charge in [0.2, 0.25) is 5.78 Å².